The molecule has 8 heavy (non-hydrogen) atoms. The predicted octanol–water partition coefficient (Wildman–Crippen LogP) is 1.37. The first-order chi connectivity index (χ1) is 3.72. The Morgan fingerprint density at radius 1 is 1.00 bits per heavy atom. The van der Waals surface area contributed by atoms with E-state index >= 15 is 0 Å². The normalized spacial score (nSPS) is 11.0. The van der Waals surface area contributed by atoms with Gasteiger partial charge in [0.25, 0.3) is 0 Å². The van der Waals surface area contributed by atoms with Gasteiger partial charge in [-0.25, -0.2) is 0 Å². The third kappa shape index (κ3) is 1.45. The average Bonchev–Trinajstić information content (AvgIpc) is 1.84. The van der Waals surface area contributed by atoms with Crippen molar-refractivity contribution in [2.24, 2.45) is 0 Å². The summed E-state index contributed by atoms with van der Waals surface area (Å²) in [5.41, 5.74) is 0.986. The molecular weight excluding hydrogens is 100 g/mol. The zero-order valence-corrected chi connectivity index (χ0v) is 4.89. The molecule has 0 aromatic rings. The Morgan fingerprint density at radius 3 is 1.38 bits per heavy atom. The fourth-order valence-electron chi connectivity index (χ4n) is 0.168. The number of allylic oxidation sites excluding steroid dienone is 2. The maximum atomic E-state index is 8.18. The van der Waals surface area contributed by atoms with Gasteiger partial charge in [0.1, 0.15) is 0 Å². The lowest BCUT2D eigenvalue weighted by molar-refractivity contribution is 1.34. The van der Waals surface area contributed by atoms with Crippen molar-refractivity contribution in [3.05, 3.63) is 11.1 Å². The minimum atomic E-state index is 0.493. The summed E-state index contributed by atoms with van der Waals surface area (Å²) in [5, 5.41) is 16.4. The van der Waals surface area contributed by atoms with Crippen molar-refractivity contribution in [2.75, 3.05) is 0 Å². The van der Waals surface area contributed by atoms with Gasteiger partial charge in [-0.3, -0.25) is 0 Å². The zero-order valence-electron chi connectivity index (χ0n) is 4.89. The van der Waals surface area contributed by atoms with E-state index in [-0.39, 0.29) is 0 Å². The second kappa shape index (κ2) is 2.82. The average molecular weight is 106 g/mol. The summed E-state index contributed by atoms with van der Waals surface area (Å²) in [7, 11) is 0. The van der Waals surface area contributed by atoms with Crippen molar-refractivity contribution in [2.45, 2.75) is 13.8 Å². The molecular formula is C6H6N2. The third-order valence-electron chi connectivity index (χ3n) is 0.898. The van der Waals surface area contributed by atoms with E-state index in [2.05, 4.69) is 0 Å². The van der Waals surface area contributed by atoms with E-state index < -0.39 is 0 Å². The number of hydrogen-bond donors (Lipinski definition) is 0. The van der Waals surface area contributed by atoms with Gasteiger partial charge in [-0.2, -0.15) is 10.5 Å². The number of rotatable bonds is 0. The zero-order chi connectivity index (χ0) is 6.57. The number of hydrogen-bond acceptors (Lipinski definition) is 2. The number of nitriles is 2. The van der Waals surface area contributed by atoms with Crippen LogP contribution in [0.5, 0.6) is 0 Å². The van der Waals surface area contributed by atoms with E-state index in [1.807, 2.05) is 12.1 Å². The second-order valence-corrected chi connectivity index (χ2v) is 1.47. The Balaban J connectivity index is 4.41. The van der Waals surface area contributed by atoms with E-state index in [9.17, 15) is 0 Å². The molecule has 0 unspecified atom stereocenters. The molecule has 0 aliphatic rings. The molecule has 0 amide bonds. The topological polar surface area (TPSA) is 47.6 Å². The standard InChI is InChI=1S/C6H6N2/c1-5(3-7)6(2)4-8/h1-2H3/b6-5-. The molecule has 0 radical (unpaired) electrons. The molecule has 2 nitrogen and oxygen atoms in total. The summed E-state index contributed by atoms with van der Waals surface area (Å²) >= 11 is 0. The molecule has 40 valence electrons. The molecule has 0 saturated carbocycles. The van der Waals surface area contributed by atoms with Gasteiger partial charge in [-0.05, 0) is 13.8 Å². The van der Waals surface area contributed by atoms with Crippen LogP contribution in [0.15, 0.2) is 11.1 Å². The van der Waals surface area contributed by atoms with Gasteiger partial charge in [0, 0.05) is 11.1 Å². The second-order valence-electron chi connectivity index (χ2n) is 1.47. The lowest BCUT2D eigenvalue weighted by Crippen LogP contribution is -1.73. The maximum Gasteiger partial charge on any atom is 0.0954 e. The van der Waals surface area contributed by atoms with Crippen molar-refractivity contribution in [1.29, 1.82) is 10.5 Å². The molecule has 0 atom stereocenters. The van der Waals surface area contributed by atoms with E-state index in [4.69, 9.17) is 10.5 Å². The Kier molecular flexibility index (Phi) is 2.37. The quantitative estimate of drug-likeness (QED) is 0.438. The summed E-state index contributed by atoms with van der Waals surface area (Å²) in [6.07, 6.45) is 0. The molecule has 0 rings (SSSR count). The van der Waals surface area contributed by atoms with Crippen LogP contribution in [0.2, 0.25) is 0 Å². The summed E-state index contributed by atoms with van der Waals surface area (Å²) in [6, 6.07) is 3.75. The van der Waals surface area contributed by atoms with Crippen LogP contribution < -0.4 is 0 Å². The van der Waals surface area contributed by atoms with Crippen LogP contribution in [0.4, 0.5) is 0 Å². The molecule has 0 aromatic heterocycles. The van der Waals surface area contributed by atoms with Crippen molar-refractivity contribution < 1.29 is 0 Å². The first-order valence-electron chi connectivity index (χ1n) is 2.20. The van der Waals surface area contributed by atoms with Crippen LogP contribution in [0.3, 0.4) is 0 Å². The maximum absolute atomic E-state index is 8.18. The summed E-state index contributed by atoms with van der Waals surface area (Å²) in [6.45, 7) is 3.25. The first-order valence-corrected chi connectivity index (χ1v) is 2.20. The van der Waals surface area contributed by atoms with Gasteiger partial charge in [0.15, 0.2) is 0 Å². The molecule has 0 aliphatic heterocycles. The lowest BCUT2D eigenvalue weighted by Gasteiger charge is -1.81. The van der Waals surface area contributed by atoms with Crippen LogP contribution in [-0.4, -0.2) is 0 Å². The Morgan fingerprint density at radius 2 is 1.25 bits per heavy atom. The fourth-order valence-corrected chi connectivity index (χ4v) is 0.168. The van der Waals surface area contributed by atoms with Crippen molar-refractivity contribution in [3.63, 3.8) is 0 Å². The highest BCUT2D eigenvalue weighted by Crippen LogP contribution is 1.97. The van der Waals surface area contributed by atoms with Crippen molar-refractivity contribution >= 4 is 0 Å². The molecule has 0 heterocycles. The Hall–Kier alpha value is -1.28. The van der Waals surface area contributed by atoms with E-state index in [1.165, 1.54) is 0 Å². The van der Waals surface area contributed by atoms with E-state index in [0.29, 0.717) is 11.1 Å². The summed E-state index contributed by atoms with van der Waals surface area (Å²) in [4.78, 5) is 0. The Bertz CT molecular complexity index is 166. The van der Waals surface area contributed by atoms with Gasteiger partial charge < -0.3 is 0 Å². The SMILES string of the molecule is C/C(C#N)=C(\C)C#N. The van der Waals surface area contributed by atoms with Gasteiger partial charge in [-0.1, -0.05) is 0 Å². The third-order valence-corrected chi connectivity index (χ3v) is 0.898. The van der Waals surface area contributed by atoms with Gasteiger partial charge in [-0.15, -0.1) is 0 Å². The molecule has 0 bridgehead atoms. The molecule has 0 fully saturated rings. The molecule has 0 saturated heterocycles. The first kappa shape index (κ1) is 6.72. The minimum Gasteiger partial charge on any atom is -0.193 e. The van der Waals surface area contributed by atoms with Crippen LogP contribution in [0.25, 0.3) is 0 Å². The van der Waals surface area contributed by atoms with Gasteiger partial charge in [0.2, 0.25) is 0 Å². The predicted molar refractivity (Wildman–Crippen MR) is 29.6 cm³/mol. The summed E-state index contributed by atoms with van der Waals surface area (Å²) < 4.78 is 0. The van der Waals surface area contributed by atoms with Gasteiger partial charge in [0.05, 0.1) is 12.1 Å². The monoisotopic (exact) mass is 106 g/mol. The minimum absolute atomic E-state index is 0.493. The van der Waals surface area contributed by atoms with Crippen LogP contribution >= 0.6 is 0 Å². The van der Waals surface area contributed by atoms with Crippen LogP contribution in [0.1, 0.15) is 13.8 Å². The molecule has 0 spiro atoms. The highest BCUT2D eigenvalue weighted by molar-refractivity contribution is 5.32. The lowest BCUT2D eigenvalue weighted by atomic mass is 10.2. The Labute approximate surface area is 48.7 Å². The molecule has 0 N–H and O–H groups in total. The summed E-state index contributed by atoms with van der Waals surface area (Å²) in [5.74, 6) is 0. The van der Waals surface area contributed by atoms with Crippen molar-refractivity contribution in [3.8, 4) is 12.1 Å². The highest BCUT2D eigenvalue weighted by atomic mass is 14.3. The van der Waals surface area contributed by atoms with E-state index in [1.54, 1.807) is 13.8 Å². The van der Waals surface area contributed by atoms with E-state index in [0.717, 1.165) is 0 Å². The van der Waals surface area contributed by atoms with Crippen LogP contribution in [-0.2, 0) is 0 Å². The van der Waals surface area contributed by atoms with Crippen molar-refractivity contribution in [1.82, 2.24) is 0 Å². The van der Waals surface area contributed by atoms with Gasteiger partial charge >= 0.3 is 0 Å². The largest absolute Gasteiger partial charge is 0.193 e. The highest BCUT2D eigenvalue weighted by Gasteiger charge is 1.89. The molecule has 0 aliphatic carbocycles. The smallest absolute Gasteiger partial charge is 0.0954 e. The number of nitrogens with zero attached hydrogens (tertiary/aromatic N) is 2. The molecule has 0 aromatic carbocycles. The van der Waals surface area contributed by atoms with Crippen LogP contribution in [0, 0.1) is 22.7 Å². The molecule has 2 heteroatoms. The fraction of sp³-hybridized carbons (Fsp3) is 0.333.